The zero-order valence-corrected chi connectivity index (χ0v) is 16.7. The third-order valence-corrected chi connectivity index (χ3v) is 7.03. The van der Waals surface area contributed by atoms with Crippen molar-refractivity contribution >= 4 is 11.6 Å². The first-order valence-corrected chi connectivity index (χ1v) is 9.60. The molecule has 2 atom stereocenters. The van der Waals surface area contributed by atoms with Crippen LogP contribution in [0.2, 0.25) is 0 Å². The summed E-state index contributed by atoms with van der Waals surface area (Å²) in [5.41, 5.74) is -2.60. The van der Waals surface area contributed by atoms with Gasteiger partial charge in [-0.3, -0.25) is 9.59 Å². The average molecular weight is 420 g/mol. The van der Waals surface area contributed by atoms with Gasteiger partial charge < -0.3 is 0 Å². The van der Waals surface area contributed by atoms with Gasteiger partial charge in [0.15, 0.2) is 17.3 Å². The predicted molar refractivity (Wildman–Crippen MR) is 101 cm³/mol. The van der Waals surface area contributed by atoms with Crippen molar-refractivity contribution in [3.8, 4) is 5.69 Å². The van der Waals surface area contributed by atoms with Crippen LogP contribution in [0.4, 0.5) is 17.6 Å². The summed E-state index contributed by atoms with van der Waals surface area (Å²) in [5.74, 6) is -1.85. The third kappa shape index (κ3) is 2.76. The molecule has 0 radical (unpaired) electrons. The molecule has 1 aromatic carbocycles. The molecule has 4 rings (SSSR count). The van der Waals surface area contributed by atoms with Crippen molar-refractivity contribution in [1.82, 2.24) is 9.78 Å². The lowest BCUT2D eigenvalue weighted by atomic mass is 9.70. The summed E-state index contributed by atoms with van der Waals surface area (Å²) in [6.45, 7) is 5.78. The first kappa shape index (κ1) is 20.5. The lowest BCUT2D eigenvalue weighted by molar-refractivity contribution is -0.143. The molecule has 2 aliphatic rings. The number of hydrogen-bond acceptors (Lipinski definition) is 3. The SMILES string of the molecule is CC1(C)[C@H]2CC[C@]1(C)C(=O)/C2=C/C(=O)c1cnn(-c2ccc(F)cc2)c1C(F)(F)F. The highest BCUT2D eigenvalue weighted by molar-refractivity contribution is 6.13. The van der Waals surface area contributed by atoms with E-state index in [2.05, 4.69) is 5.10 Å². The minimum Gasteiger partial charge on any atom is -0.294 e. The molecule has 0 saturated heterocycles. The number of rotatable bonds is 3. The highest BCUT2D eigenvalue weighted by Gasteiger charge is 2.64. The third-order valence-electron chi connectivity index (χ3n) is 7.03. The molecule has 0 amide bonds. The maximum absolute atomic E-state index is 13.8. The summed E-state index contributed by atoms with van der Waals surface area (Å²) in [6, 6.07) is 4.31. The Labute approximate surface area is 170 Å². The number of aromatic nitrogens is 2. The van der Waals surface area contributed by atoms with E-state index in [1.807, 2.05) is 20.8 Å². The van der Waals surface area contributed by atoms with Crippen molar-refractivity contribution in [3.05, 3.63) is 59.2 Å². The molecule has 2 bridgehead atoms. The van der Waals surface area contributed by atoms with Gasteiger partial charge in [0.1, 0.15) is 5.82 Å². The smallest absolute Gasteiger partial charge is 0.294 e. The van der Waals surface area contributed by atoms with Crippen molar-refractivity contribution < 1.29 is 27.2 Å². The number of fused-ring (bicyclic) bond motifs is 2. The monoisotopic (exact) mass is 420 g/mol. The van der Waals surface area contributed by atoms with E-state index in [1.165, 1.54) is 0 Å². The highest BCUT2D eigenvalue weighted by atomic mass is 19.4. The van der Waals surface area contributed by atoms with Crippen LogP contribution in [-0.4, -0.2) is 21.3 Å². The van der Waals surface area contributed by atoms with Crippen molar-refractivity contribution in [2.45, 2.75) is 39.8 Å². The number of allylic oxidation sites excluding steroid dienone is 2. The molecule has 2 saturated carbocycles. The Balaban J connectivity index is 1.79. The predicted octanol–water partition coefficient (Wildman–Crippen LogP) is 5.16. The van der Waals surface area contributed by atoms with Crippen LogP contribution in [0.25, 0.3) is 5.69 Å². The average Bonchev–Trinajstić information content (AvgIpc) is 3.24. The fraction of sp³-hybridized carbons (Fsp3) is 0.409. The number of alkyl halides is 3. The fourth-order valence-corrected chi connectivity index (χ4v) is 4.89. The Bertz CT molecular complexity index is 1080. The van der Waals surface area contributed by atoms with Gasteiger partial charge in [0, 0.05) is 11.0 Å². The normalized spacial score (nSPS) is 26.6. The van der Waals surface area contributed by atoms with Gasteiger partial charge in [0.25, 0.3) is 0 Å². The number of carbonyl (C=O) groups is 2. The van der Waals surface area contributed by atoms with E-state index >= 15 is 0 Å². The van der Waals surface area contributed by atoms with Gasteiger partial charge in [-0.25, -0.2) is 9.07 Å². The van der Waals surface area contributed by atoms with Gasteiger partial charge in [-0.1, -0.05) is 20.8 Å². The van der Waals surface area contributed by atoms with Gasteiger partial charge >= 0.3 is 6.18 Å². The van der Waals surface area contributed by atoms with E-state index in [4.69, 9.17) is 0 Å². The van der Waals surface area contributed by atoms with E-state index < -0.39 is 34.4 Å². The molecule has 0 N–H and O–H groups in total. The number of hydrogen-bond donors (Lipinski definition) is 0. The quantitative estimate of drug-likeness (QED) is 0.391. The fourth-order valence-electron chi connectivity index (χ4n) is 4.89. The minimum absolute atomic E-state index is 0.0277. The molecule has 0 aliphatic heterocycles. The van der Waals surface area contributed by atoms with Crippen molar-refractivity contribution in [1.29, 1.82) is 0 Å². The second-order valence-corrected chi connectivity index (χ2v) is 8.73. The van der Waals surface area contributed by atoms with Crippen LogP contribution < -0.4 is 0 Å². The number of halogens is 4. The van der Waals surface area contributed by atoms with E-state index in [0.29, 0.717) is 16.7 Å². The number of benzene rings is 1. The maximum atomic E-state index is 13.8. The largest absolute Gasteiger partial charge is 0.434 e. The first-order valence-electron chi connectivity index (χ1n) is 9.60. The summed E-state index contributed by atoms with van der Waals surface area (Å²) >= 11 is 0. The molecule has 8 heteroatoms. The summed E-state index contributed by atoms with van der Waals surface area (Å²) in [7, 11) is 0. The Morgan fingerprint density at radius 3 is 2.37 bits per heavy atom. The van der Waals surface area contributed by atoms with E-state index in [-0.39, 0.29) is 22.8 Å². The van der Waals surface area contributed by atoms with Crippen LogP contribution in [0.3, 0.4) is 0 Å². The second-order valence-electron chi connectivity index (χ2n) is 8.73. The topological polar surface area (TPSA) is 52.0 Å². The van der Waals surface area contributed by atoms with Crippen LogP contribution >= 0.6 is 0 Å². The second kappa shape index (κ2) is 6.36. The molecule has 2 fully saturated rings. The van der Waals surface area contributed by atoms with Gasteiger partial charge in [-0.2, -0.15) is 18.3 Å². The van der Waals surface area contributed by atoms with Crippen molar-refractivity contribution in [2.24, 2.45) is 16.7 Å². The Morgan fingerprint density at radius 2 is 1.83 bits per heavy atom. The van der Waals surface area contributed by atoms with Crippen LogP contribution in [-0.2, 0) is 11.0 Å². The Morgan fingerprint density at radius 1 is 1.20 bits per heavy atom. The Kier molecular flexibility index (Phi) is 4.35. The van der Waals surface area contributed by atoms with Crippen LogP contribution in [0.1, 0.15) is 49.7 Å². The lowest BCUT2D eigenvalue weighted by Gasteiger charge is -2.31. The lowest BCUT2D eigenvalue weighted by Crippen LogP contribution is -2.32. The zero-order chi connectivity index (χ0) is 22.1. The highest BCUT2D eigenvalue weighted by Crippen LogP contribution is 2.65. The standard InChI is InChI=1S/C22H20F4N2O2/c1-20(2)16-8-9-21(20,3)19(30)14(16)10-17(29)15-11-27-28(18(15)22(24,25)26)13-6-4-12(23)5-7-13/h4-7,10-11,16H,8-9H2,1-3H3/b14-10+/t16-,21+/m0/s1. The Hall–Kier alpha value is -2.77. The van der Waals surface area contributed by atoms with Crippen LogP contribution in [0.15, 0.2) is 42.1 Å². The van der Waals surface area contributed by atoms with Crippen molar-refractivity contribution in [2.75, 3.05) is 0 Å². The summed E-state index contributed by atoms with van der Waals surface area (Å²) < 4.78 is 55.2. The summed E-state index contributed by atoms with van der Waals surface area (Å²) in [5, 5.41) is 3.73. The molecule has 0 spiro atoms. The summed E-state index contributed by atoms with van der Waals surface area (Å²) in [6.07, 6.45) is -1.56. The number of nitrogens with zero attached hydrogens (tertiary/aromatic N) is 2. The molecular formula is C22H20F4N2O2. The minimum atomic E-state index is -4.88. The van der Waals surface area contributed by atoms with Crippen molar-refractivity contribution in [3.63, 3.8) is 0 Å². The maximum Gasteiger partial charge on any atom is 0.434 e. The van der Waals surface area contributed by atoms with Crippen LogP contribution in [0, 0.1) is 22.6 Å². The van der Waals surface area contributed by atoms with Gasteiger partial charge in [0.05, 0.1) is 17.4 Å². The molecule has 158 valence electrons. The molecular weight excluding hydrogens is 400 g/mol. The summed E-state index contributed by atoms with van der Waals surface area (Å²) in [4.78, 5) is 25.8. The molecule has 1 aromatic heterocycles. The molecule has 2 aromatic rings. The van der Waals surface area contributed by atoms with Gasteiger partial charge in [-0.05, 0) is 54.5 Å². The number of carbonyl (C=O) groups excluding carboxylic acids is 2. The number of Topliss-reactive ketones (excluding diaryl/α,β-unsaturated/α-hetero) is 1. The molecule has 0 unspecified atom stereocenters. The molecule has 2 aliphatic carbocycles. The first-order chi connectivity index (χ1) is 13.9. The zero-order valence-electron chi connectivity index (χ0n) is 16.7. The van der Waals surface area contributed by atoms with Gasteiger partial charge in [0.2, 0.25) is 0 Å². The van der Waals surface area contributed by atoms with E-state index in [0.717, 1.165) is 43.0 Å². The molecule has 30 heavy (non-hydrogen) atoms. The van der Waals surface area contributed by atoms with E-state index in [9.17, 15) is 27.2 Å². The number of ketones is 2. The van der Waals surface area contributed by atoms with Crippen LogP contribution in [0.5, 0.6) is 0 Å². The molecule has 4 nitrogen and oxygen atoms in total. The van der Waals surface area contributed by atoms with E-state index in [1.54, 1.807) is 0 Å². The van der Waals surface area contributed by atoms with Gasteiger partial charge in [-0.15, -0.1) is 0 Å². The molecule has 1 heterocycles.